The zero-order valence-corrected chi connectivity index (χ0v) is 15.2. The summed E-state index contributed by atoms with van der Waals surface area (Å²) in [7, 11) is -7.43. The molecular weight excluding hydrogens is 358 g/mol. The normalized spacial score (nSPS) is 13.1. The van der Waals surface area contributed by atoms with Crippen molar-refractivity contribution in [3.05, 3.63) is 71.8 Å². The predicted molar refractivity (Wildman–Crippen MR) is 97.0 cm³/mol. The Labute approximate surface area is 148 Å². The van der Waals surface area contributed by atoms with Crippen LogP contribution in [-0.4, -0.2) is 27.8 Å². The summed E-state index contributed by atoms with van der Waals surface area (Å²) in [5.41, 5.74) is 1.17. The Kier molecular flexibility index (Phi) is 6.34. The van der Waals surface area contributed by atoms with Gasteiger partial charge in [0.1, 0.15) is 0 Å². The van der Waals surface area contributed by atoms with Crippen molar-refractivity contribution >= 4 is 19.7 Å². The lowest BCUT2D eigenvalue weighted by molar-refractivity contribution is 0.572. The molecule has 25 heavy (non-hydrogen) atoms. The Morgan fingerprint density at radius 1 is 0.800 bits per heavy atom. The van der Waals surface area contributed by atoms with Crippen LogP contribution >= 0.6 is 0 Å². The van der Waals surface area contributed by atoms with Gasteiger partial charge in [-0.1, -0.05) is 60.7 Å². The molecular formula is C18H19NO4S2. The minimum absolute atomic E-state index is 0.239. The molecule has 0 spiro atoms. The summed E-state index contributed by atoms with van der Waals surface area (Å²) in [6, 6.07) is 18.9. The van der Waals surface area contributed by atoms with Gasteiger partial charge in [0.05, 0.1) is 35.0 Å². The van der Waals surface area contributed by atoms with Crippen LogP contribution in [0.4, 0.5) is 0 Å². The van der Waals surface area contributed by atoms with Gasteiger partial charge in [-0.3, -0.25) is 0 Å². The summed E-state index contributed by atoms with van der Waals surface area (Å²) >= 11 is 0. The number of nitriles is 1. The second kappa shape index (κ2) is 8.28. The molecule has 0 saturated heterocycles. The Morgan fingerprint density at radius 2 is 1.28 bits per heavy atom. The number of rotatable bonds is 8. The van der Waals surface area contributed by atoms with Crippen molar-refractivity contribution in [2.75, 3.05) is 5.75 Å². The van der Waals surface area contributed by atoms with Gasteiger partial charge >= 0.3 is 0 Å². The maximum Gasteiger partial charge on any atom is 0.159 e. The average Bonchev–Trinajstić information content (AvgIpc) is 2.55. The van der Waals surface area contributed by atoms with Gasteiger partial charge in [-0.2, -0.15) is 5.26 Å². The molecule has 0 aliphatic heterocycles. The first-order chi connectivity index (χ1) is 11.8. The molecule has 0 heterocycles. The van der Waals surface area contributed by atoms with Crippen molar-refractivity contribution in [2.24, 2.45) is 0 Å². The zero-order chi connectivity index (χ0) is 18.3. The first-order valence-corrected chi connectivity index (χ1v) is 11.2. The summed E-state index contributed by atoms with van der Waals surface area (Å²) in [6.45, 7) is 0. The molecule has 0 saturated carbocycles. The van der Waals surface area contributed by atoms with Crippen molar-refractivity contribution in [1.29, 1.82) is 5.26 Å². The van der Waals surface area contributed by atoms with Crippen molar-refractivity contribution in [3.63, 3.8) is 0 Å². The fourth-order valence-corrected chi connectivity index (χ4v) is 6.66. The molecule has 0 amide bonds. The van der Waals surface area contributed by atoms with Gasteiger partial charge in [-0.05, 0) is 11.1 Å². The van der Waals surface area contributed by atoms with Crippen LogP contribution in [0.2, 0.25) is 0 Å². The zero-order valence-electron chi connectivity index (χ0n) is 13.6. The van der Waals surface area contributed by atoms with E-state index in [4.69, 9.17) is 5.26 Å². The standard InChI is InChI=1S/C18H19NO4S2/c19-12-11-18(25(22,23)14-17-9-5-2-6-10-17)15-24(20,21)13-16-7-3-1-4-8-16/h1-10,18H,11,13-15H2. The molecule has 2 aromatic rings. The number of benzene rings is 2. The van der Waals surface area contributed by atoms with Crippen LogP contribution < -0.4 is 0 Å². The molecule has 0 aliphatic rings. The van der Waals surface area contributed by atoms with E-state index >= 15 is 0 Å². The molecule has 0 N–H and O–H groups in total. The minimum Gasteiger partial charge on any atom is -0.228 e. The number of sulfone groups is 2. The van der Waals surface area contributed by atoms with Gasteiger partial charge < -0.3 is 0 Å². The molecule has 0 radical (unpaired) electrons. The second-order valence-electron chi connectivity index (χ2n) is 5.82. The van der Waals surface area contributed by atoms with Crippen LogP contribution in [0, 0.1) is 11.3 Å². The van der Waals surface area contributed by atoms with Crippen molar-refractivity contribution in [3.8, 4) is 6.07 Å². The van der Waals surface area contributed by atoms with E-state index in [0.29, 0.717) is 11.1 Å². The van der Waals surface area contributed by atoms with E-state index in [1.165, 1.54) is 0 Å². The Hall–Kier alpha value is -2.17. The molecule has 2 aromatic carbocycles. The highest BCUT2D eigenvalue weighted by atomic mass is 32.2. The Morgan fingerprint density at radius 3 is 1.76 bits per heavy atom. The van der Waals surface area contributed by atoms with E-state index in [-0.39, 0.29) is 17.9 Å². The Balaban J connectivity index is 2.18. The average molecular weight is 377 g/mol. The largest absolute Gasteiger partial charge is 0.228 e. The molecule has 7 heteroatoms. The van der Waals surface area contributed by atoms with Crippen molar-refractivity contribution in [2.45, 2.75) is 23.2 Å². The van der Waals surface area contributed by atoms with Crippen LogP contribution in [0.3, 0.4) is 0 Å². The lowest BCUT2D eigenvalue weighted by atomic mass is 10.2. The first-order valence-electron chi connectivity index (χ1n) is 7.69. The van der Waals surface area contributed by atoms with Crippen LogP contribution in [-0.2, 0) is 31.2 Å². The summed E-state index contributed by atoms with van der Waals surface area (Å²) in [6.07, 6.45) is -0.344. The number of hydrogen-bond donors (Lipinski definition) is 0. The monoisotopic (exact) mass is 377 g/mol. The van der Waals surface area contributed by atoms with E-state index in [2.05, 4.69) is 0 Å². The molecule has 1 unspecified atom stereocenters. The number of nitrogens with zero attached hydrogens (tertiary/aromatic N) is 1. The van der Waals surface area contributed by atoms with Crippen molar-refractivity contribution < 1.29 is 16.8 Å². The third-order valence-corrected chi connectivity index (χ3v) is 7.69. The van der Waals surface area contributed by atoms with Gasteiger partial charge in [0.2, 0.25) is 0 Å². The topological polar surface area (TPSA) is 92.1 Å². The highest BCUT2D eigenvalue weighted by Gasteiger charge is 2.31. The van der Waals surface area contributed by atoms with Gasteiger partial charge in [-0.15, -0.1) is 0 Å². The van der Waals surface area contributed by atoms with E-state index in [9.17, 15) is 16.8 Å². The third kappa shape index (κ3) is 6.00. The Bertz CT molecular complexity index is 932. The molecule has 2 rings (SSSR count). The van der Waals surface area contributed by atoms with Gasteiger partial charge in [0.15, 0.2) is 19.7 Å². The molecule has 0 fully saturated rings. The van der Waals surface area contributed by atoms with E-state index < -0.39 is 30.7 Å². The van der Waals surface area contributed by atoms with Crippen LogP contribution in [0.1, 0.15) is 17.5 Å². The highest BCUT2D eigenvalue weighted by Crippen LogP contribution is 2.18. The molecule has 0 bridgehead atoms. The summed E-state index contributed by atoms with van der Waals surface area (Å²) < 4.78 is 50.0. The lowest BCUT2D eigenvalue weighted by Crippen LogP contribution is -2.31. The van der Waals surface area contributed by atoms with Crippen molar-refractivity contribution in [1.82, 2.24) is 0 Å². The fourth-order valence-electron chi connectivity index (χ4n) is 2.49. The van der Waals surface area contributed by atoms with Gasteiger partial charge in [-0.25, -0.2) is 16.8 Å². The molecule has 1 atom stereocenters. The maximum atomic E-state index is 12.6. The molecule has 0 aromatic heterocycles. The molecule has 0 aliphatic carbocycles. The molecule has 5 nitrogen and oxygen atoms in total. The van der Waals surface area contributed by atoms with Crippen LogP contribution in [0.5, 0.6) is 0 Å². The van der Waals surface area contributed by atoms with E-state index in [1.807, 2.05) is 0 Å². The van der Waals surface area contributed by atoms with Gasteiger partial charge in [0.25, 0.3) is 0 Å². The predicted octanol–water partition coefficient (Wildman–Crippen LogP) is 2.50. The summed E-state index contributed by atoms with van der Waals surface area (Å²) in [4.78, 5) is 0. The smallest absolute Gasteiger partial charge is 0.159 e. The van der Waals surface area contributed by atoms with E-state index in [1.54, 1.807) is 66.7 Å². The molecule has 132 valence electrons. The van der Waals surface area contributed by atoms with Gasteiger partial charge in [0, 0.05) is 0 Å². The SMILES string of the molecule is N#CCC(CS(=O)(=O)Cc1ccccc1)S(=O)(=O)Cc1ccccc1. The minimum atomic E-state index is -3.76. The van der Waals surface area contributed by atoms with E-state index in [0.717, 1.165) is 0 Å². The number of hydrogen-bond acceptors (Lipinski definition) is 5. The second-order valence-corrected chi connectivity index (χ2v) is 10.2. The van der Waals surface area contributed by atoms with Crippen LogP contribution in [0.25, 0.3) is 0 Å². The first kappa shape index (κ1) is 19.2. The van der Waals surface area contributed by atoms with Crippen LogP contribution in [0.15, 0.2) is 60.7 Å². The lowest BCUT2D eigenvalue weighted by Gasteiger charge is -2.15. The quantitative estimate of drug-likeness (QED) is 0.705. The highest BCUT2D eigenvalue weighted by molar-refractivity contribution is 7.94. The summed E-state index contributed by atoms with van der Waals surface area (Å²) in [5, 5.41) is 7.71. The fraction of sp³-hybridized carbons (Fsp3) is 0.278. The summed E-state index contributed by atoms with van der Waals surface area (Å²) in [5.74, 6) is -1.07. The maximum absolute atomic E-state index is 12.6. The third-order valence-electron chi connectivity index (χ3n) is 3.71.